The molecular formula is C19H18N6S. The highest BCUT2D eigenvalue weighted by Gasteiger charge is 2.17. The molecule has 0 aliphatic heterocycles. The molecule has 0 saturated heterocycles. The van der Waals surface area contributed by atoms with Gasteiger partial charge in [0.15, 0.2) is 5.82 Å². The van der Waals surface area contributed by atoms with Gasteiger partial charge in [0.1, 0.15) is 16.7 Å². The zero-order valence-electron chi connectivity index (χ0n) is 14.6. The van der Waals surface area contributed by atoms with Gasteiger partial charge in [0, 0.05) is 35.1 Å². The number of hydrogen-bond acceptors (Lipinski definition) is 6. The summed E-state index contributed by atoms with van der Waals surface area (Å²) in [6, 6.07) is 8.19. The highest BCUT2D eigenvalue weighted by Crippen LogP contribution is 2.25. The molecule has 130 valence electrons. The number of aryl methyl sites for hydroxylation is 1. The van der Waals surface area contributed by atoms with Gasteiger partial charge in [0.2, 0.25) is 0 Å². The van der Waals surface area contributed by atoms with Gasteiger partial charge in [-0.25, -0.2) is 19.6 Å². The topological polar surface area (TPSA) is 69.4 Å². The van der Waals surface area contributed by atoms with E-state index in [0.29, 0.717) is 5.82 Å². The van der Waals surface area contributed by atoms with E-state index in [1.807, 2.05) is 40.7 Å². The summed E-state index contributed by atoms with van der Waals surface area (Å²) in [5.74, 6) is 0.716. The third kappa shape index (κ3) is 3.13. The molecule has 0 spiro atoms. The van der Waals surface area contributed by atoms with Crippen LogP contribution in [0.25, 0.3) is 22.6 Å². The number of hydrogen-bond donors (Lipinski definition) is 0. The lowest BCUT2D eigenvalue weighted by molar-refractivity contribution is 0.491. The van der Waals surface area contributed by atoms with Crippen LogP contribution in [-0.2, 0) is 0 Å². The van der Waals surface area contributed by atoms with E-state index in [4.69, 9.17) is 0 Å². The second-order valence-electron chi connectivity index (χ2n) is 5.99. The molecule has 0 saturated carbocycles. The minimum atomic E-state index is 0.100. The minimum absolute atomic E-state index is 0.100. The summed E-state index contributed by atoms with van der Waals surface area (Å²) in [6.45, 7) is 4.18. The number of benzene rings is 1. The molecule has 0 radical (unpaired) electrons. The van der Waals surface area contributed by atoms with Gasteiger partial charge in [-0.1, -0.05) is 36.4 Å². The molecule has 1 atom stereocenters. The highest BCUT2D eigenvalue weighted by molar-refractivity contribution is 7.09. The fourth-order valence-electron chi connectivity index (χ4n) is 2.86. The maximum atomic E-state index is 4.51. The molecule has 0 aliphatic carbocycles. The average molecular weight is 362 g/mol. The molecule has 0 fully saturated rings. The molecule has 0 unspecified atom stereocenters. The predicted molar refractivity (Wildman–Crippen MR) is 102 cm³/mol. The number of aromatic nitrogens is 6. The smallest absolute Gasteiger partial charge is 0.159 e. The van der Waals surface area contributed by atoms with Crippen molar-refractivity contribution < 1.29 is 0 Å². The van der Waals surface area contributed by atoms with Crippen LogP contribution in [0.2, 0.25) is 0 Å². The maximum absolute atomic E-state index is 4.51. The SMILES string of the molecule is CC[C@@H](c1nccs1)n1cc(-c2cnc(-c3ccccc3C)nc2)nn1. The fraction of sp³-hybridized carbons (Fsp3) is 0.211. The molecule has 6 nitrogen and oxygen atoms in total. The van der Waals surface area contributed by atoms with Crippen molar-refractivity contribution >= 4 is 11.3 Å². The fourth-order valence-corrected chi connectivity index (χ4v) is 3.67. The Morgan fingerprint density at radius 2 is 1.92 bits per heavy atom. The van der Waals surface area contributed by atoms with Crippen molar-refractivity contribution in [3.63, 3.8) is 0 Å². The van der Waals surface area contributed by atoms with Crippen molar-refractivity contribution in [2.45, 2.75) is 26.3 Å². The van der Waals surface area contributed by atoms with Crippen LogP contribution >= 0.6 is 11.3 Å². The Kier molecular flexibility index (Phi) is 4.53. The predicted octanol–water partition coefficient (Wildman–Crippen LogP) is 4.17. The Bertz CT molecular complexity index is 991. The summed E-state index contributed by atoms with van der Waals surface area (Å²) in [6.07, 6.45) is 8.25. The second kappa shape index (κ2) is 7.13. The van der Waals surface area contributed by atoms with Crippen molar-refractivity contribution in [1.82, 2.24) is 29.9 Å². The zero-order chi connectivity index (χ0) is 17.9. The highest BCUT2D eigenvalue weighted by atomic mass is 32.1. The van der Waals surface area contributed by atoms with E-state index in [9.17, 15) is 0 Å². The van der Waals surface area contributed by atoms with Gasteiger partial charge in [-0.15, -0.1) is 16.4 Å². The molecule has 0 bridgehead atoms. The number of rotatable bonds is 5. The Morgan fingerprint density at radius 3 is 2.62 bits per heavy atom. The van der Waals surface area contributed by atoms with Crippen LogP contribution in [0.5, 0.6) is 0 Å². The van der Waals surface area contributed by atoms with Gasteiger partial charge in [-0.3, -0.25) is 0 Å². The molecule has 7 heteroatoms. The van der Waals surface area contributed by atoms with Crippen molar-refractivity contribution in [2.24, 2.45) is 0 Å². The summed E-state index contributed by atoms with van der Waals surface area (Å²) >= 11 is 1.63. The van der Waals surface area contributed by atoms with E-state index in [1.54, 1.807) is 23.7 Å². The molecule has 3 heterocycles. The maximum Gasteiger partial charge on any atom is 0.159 e. The van der Waals surface area contributed by atoms with Gasteiger partial charge in [0.25, 0.3) is 0 Å². The van der Waals surface area contributed by atoms with Gasteiger partial charge in [-0.05, 0) is 18.9 Å². The molecule has 0 amide bonds. The molecule has 3 aromatic heterocycles. The molecule has 0 N–H and O–H groups in total. The minimum Gasteiger partial charge on any atom is -0.247 e. The third-order valence-corrected chi connectivity index (χ3v) is 5.16. The summed E-state index contributed by atoms with van der Waals surface area (Å²) in [5.41, 5.74) is 3.80. The summed E-state index contributed by atoms with van der Waals surface area (Å²) in [5, 5.41) is 11.6. The van der Waals surface area contributed by atoms with E-state index in [1.165, 1.54) is 0 Å². The van der Waals surface area contributed by atoms with Crippen LogP contribution in [0.1, 0.15) is 30.0 Å². The normalized spacial score (nSPS) is 12.2. The lowest BCUT2D eigenvalue weighted by atomic mass is 10.1. The average Bonchev–Trinajstić information content (AvgIpc) is 3.36. The van der Waals surface area contributed by atoms with Gasteiger partial charge in [-0.2, -0.15) is 0 Å². The molecule has 4 aromatic rings. The monoisotopic (exact) mass is 362 g/mol. The Morgan fingerprint density at radius 1 is 1.12 bits per heavy atom. The van der Waals surface area contributed by atoms with E-state index in [2.05, 4.69) is 45.2 Å². The molecule has 26 heavy (non-hydrogen) atoms. The standard InChI is InChI=1S/C19H18N6S/c1-3-17(19-20-8-9-26-19)25-12-16(23-24-25)14-10-21-18(22-11-14)15-7-5-4-6-13(15)2/h4-12,17H,3H2,1-2H3/t17-/m0/s1. The van der Waals surface area contributed by atoms with Gasteiger partial charge in [0.05, 0.1) is 6.20 Å². The van der Waals surface area contributed by atoms with Crippen LogP contribution in [-0.4, -0.2) is 29.9 Å². The second-order valence-corrected chi connectivity index (χ2v) is 6.91. The first-order valence-electron chi connectivity index (χ1n) is 8.46. The summed E-state index contributed by atoms with van der Waals surface area (Å²) in [7, 11) is 0. The van der Waals surface area contributed by atoms with Crippen LogP contribution in [0, 0.1) is 6.92 Å². The lowest BCUT2D eigenvalue weighted by Crippen LogP contribution is -2.10. The molecule has 4 rings (SSSR count). The largest absolute Gasteiger partial charge is 0.247 e. The lowest BCUT2D eigenvalue weighted by Gasteiger charge is -2.10. The van der Waals surface area contributed by atoms with Crippen molar-refractivity contribution in [1.29, 1.82) is 0 Å². The van der Waals surface area contributed by atoms with Gasteiger partial charge < -0.3 is 0 Å². The van der Waals surface area contributed by atoms with Gasteiger partial charge >= 0.3 is 0 Å². The Labute approximate surface area is 155 Å². The van der Waals surface area contributed by atoms with E-state index in [0.717, 1.165) is 33.8 Å². The van der Waals surface area contributed by atoms with Crippen LogP contribution in [0.15, 0.2) is 54.4 Å². The number of nitrogens with zero attached hydrogens (tertiary/aromatic N) is 6. The molecular weight excluding hydrogens is 344 g/mol. The van der Waals surface area contributed by atoms with Crippen LogP contribution < -0.4 is 0 Å². The van der Waals surface area contributed by atoms with Crippen molar-refractivity contribution in [3.05, 3.63) is 65.0 Å². The summed E-state index contributed by atoms with van der Waals surface area (Å²) in [4.78, 5) is 13.4. The van der Waals surface area contributed by atoms with Crippen LogP contribution in [0.3, 0.4) is 0 Å². The zero-order valence-corrected chi connectivity index (χ0v) is 15.4. The number of thiazole rings is 1. The third-order valence-electron chi connectivity index (χ3n) is 4.29. The summed E-state index contributed by atoms with van der Waals surface area (Å²) < 4.78 is 1.86. The first-order valence-corrected chi connectivity index (χ1v) is 9.34. The Hall–Kier alpha value is -2.93. The van der Waals surface area contributed by atoms with E-state index < -0.39 is 0 Å². The molecule has 1 aromatic carbocycles. The Balaban J connectivity index is 1.61. The van der Waals surface area contributed by atoms with E-state index >= 15 is 0 Å². The van der Waals surface area contributed by atoms with Crippen molar-refractivity contribution in [2.75, 3.05) is 0 Å². The van der Waals surface area contributed by atoms with Crippen molar-refractivity contribution in [3.8, 4) is 22.6 Å². The quantitative estimate of drug-likeness (QED) is 0.533. The first-order chi connectivity index (χ1) is 12.8. The van der Waals surface area contributed by atoms with Crippen LogP contribution in [0.4, 0.5) is 0 Å². The molecule has 0 aliphatic rings. The first kappa shape index (κ1) is 16.5. The van der Waals surface area contributed by atoms with E-state index in [-0.39, 0.29) is 6.04 Å².